The van der Waals surface area contributed by atoms with Gasteiger partial charge in [0.2, 0.25) is 5.82 Å². The summed E-state index contributed by atoms with van der Waals surface area (Å²) in [5.74, 6) is 1.21. The van der Waals surface area contributed by atoms with Crippen LogP contribution < -0.4 is 24.7 Å². The highest BCUT2D eigenvalue weighted by molar-refractivity contribution is 5.53. The lowest BCUT2D eigenvalue weighted by molar-refractivity contribution is 0.0809. The van der Waals surface area contributed by atoms with Crippen molar-refractivity contribution in [2.75, 3.05) is 31.2 Å². The number of piperidine rings is 1. The van der Waals surface area contributed by atoms with Crippen molar-refractivity contribution in [2.45, 2.75) is 32.5 Å². The second-order valence-corrected chi connectivity index (χ2v) is 7.95. The fourth-order valence-electron chi connectivity index (χ4n) is 4.03. The van der Waals surface area contributed by atoms with Crippen LogP contribution in [0.25, 0.3) is 5.65 Å². The smallest absolute Gasteiger partial charge is 0.310 e. The van der Waals surface area contributed by atoms with Gasteiger partial charge >= 0.3 is 5.56 Å². The monoisotopic (exact) mass is 444 g/mol. The molecule has 5 rings (SSSR count). The highest BCUT2D eigenvalue weighted by Gasteiger charge is 2.33. The number of rotatable bonds is 3. The van der Waals surface area contributed by atoms with Gasteiger partial charge in [0.1, 0.15) is 25.1 Å². The zero-order valence-electron chi connectivity index (χ0n) is 17.7. The molecule has 4 heterocycles. The van der Waals surface area contributed by atoms with E-state index >= 15 is 4.39 Å². The number of anilines is 1. The van der Waals surface area contributed by atoms with Crippen molar-refractivity contribution in [2.24, 2.45) is 0 Å². The zero-order valence-corrected chi connectivity index (χ0v) is 17.7. The lowest BCUT2D eigenvalue weighted by atomic mass is 10.1. The summed E-state index contributed by atoms with van der Waals surface area (Å²) in [6, 6.07) is 6.85. The van der Waals surface area contributed by atoms with Gasteiger partial charge in [-0.3, -0.25) is 4.79 Å². The number of fused-ring (bicyclic) bond motifs is 2. The average molecular weight is 444 g/mol. The molecule has 1 saturated heterocycles. The van der Waals surface area contributed by atoms with E-state index in [1.807, 2.05) is 0 Å². The topological polar surface area (TPSA) is 78.2 Å². The minimum Gasteiger partial charge on any atom is -0.487 e. The van der Waals surface area contributed by atoms with E-state index in [-0.39, 0.29) is 17.9 Å². The second kappa shape index (κ2) is 7.92. The van der Waals surface area contributed by atoms with Crippen molar-refractivity contribution >= 4 is 11.5 Å². The van der Waals surface area contributed by atoms with E-state index in [1.165, 1.54) is 6.92 Å². The first kappa shape index (κ1) is 20.5. The van der Waals surface area contributed by atoms with E-state index < -0.39 is 23.7 Å². The Bertz CT molecular complexity index is 1250. The largest absolute Gasteiger partial charge is 0.487 e. The van der Waals surface area contributed by atoms with E-state index in [0.29, 0.717) is 49.2 Å². The molecule has 0 saturated carbocycles. The van der Waals surface area contributed by atoms with Gasteiger partial charge in [-0.05, 0) is 37.6 Å². The van der Waals surface area contributed by atoms with Crippen molar-refractivity contribution in [3.8, 4) is 17.2 Å². The molecular weight excluding hydrogens is 422 g/mol. The molecule has 0 bridgehead atoms. The molecule has 10 heteroatoms. The van der Waals surface area contributed by atoms with Crippen LogP contribution in [0.2, 0.25) is 0 Å². The first-order valence-corrected chi connectivity index (χ1v) is 10.4. The molecule has 0 aliphatic carbocycles. The third-order valence-corrected chi connectivity index (χ3v) is 5.67. The molecule has 2 aliphatic heterocycles. The van der Waals surface area contributed by atoms with E-state index in [1.54, 1.807) is 36.1 Å². The minimum absolute atomic E-state index is 0.0184. The molecule has 0 radical (unpaired) electrons. The van der Waals surface area contributed by atoms with Crippen molar-refractivity contribution in [1.82, 2.24) is 14.6 Å². The predicted octanol–water partition coefficient (Wildman–Crippen LogP) is 2.61. The lowest BCUT2D eigenvalue weighted by Crippen LogP contribution is -2.48. The van der Waals surface area contributed by atoms with E-state index in [9.17, 15) is 9.18 Å². The molecule has 8 nitrogen and oxygen atoms in total. The van der Waals surface area contributed by atoms with Crippen molar-refractivity contribution in [3.63, 3.8) is 0 Å². The van der Waals surface area contributed by atoms with Crippen LogP contribution in [0.4, 0.5) is 14.6 Å². The summed E-state index contributed by atoms with van der Waals surface area (Å²) in [6.45, 7) is 4.69. The predicted molar refractivity (Wildman–Crippen MR) is 112 cm³/mol. The average Bonchev–Trinajstić information content (AvgIpc) is 2.79. The number of alkyl halides is 1. The van der Waals surface area contributed by atoms with Gasteiger partial charge in [-0.2, -0.15) is 8.91 Å². The summed E-state index contributed by atoms with van der Waals surface area (Å²) in [5, 5.41) is 4.28. The standard InChI is InChI=1S/C22H22F2N4O4/c1-12-9-19-25-13(2)20(24)22(29)28(19)26-21(12)27-6-5-16(15(23)11-27)32-14-3-4-17-18(10-14)31-8-7-30-17/h3-4,9-10,15-16H,5-8,11H2,1-2H3/t15-,16-/m0/s1. The molecule has 2 aliphatic rings. The van der Waals surface area contributed by atoms with Crippen LogP contribution in [-0.4, -0.2) is 53.2 Å². The van der Waals surface area contributed by atoms with Crippen LogP contribution in [0.1, 0.15) is 17.7 Å². The van der Waals surface area contributed by atoms with Crippen LogP contribution in [0, 0.1) is 19.7 Å². The normalized spacial score (nSPS) is 20.4. The Labute approximate surface area is 182 Å². The second-order valence-electron chi connectivity index (χ2n) is 7.95. The first-order valence-electron chi connectivity index (χ1n) is 10.4. The molecule has 0 spiro atoms. The third-order valence-electron chi connectivity index (χ3n) is 5.67. The van der Waals surface area contributed by atoms with Gasteiger partial charge in [-0.15, -0.1) is 5.10 Å². The first-order chi connectivity index (χ1) is 15.4. The summed E-state index contributed by atoms with van der Waals surface area (Å²) >= 11 is 0. The fourth-order valence-corrected chi connectivity index (χ4v) is 4.03. The molecule has 168 valence electrons. The maximum atomic E-state index is 15.1. The van der Waals surface area contributed by atoms with Crippen molar-refractivity contribution in [1.29, 1.82) is 0 Å². The SMILES string of the molecule is Cc1cc2nc(C)c(F)c(=O)n2nc1N1CC[C@H](Oc2ccc3c(c2)OCCO3)[C@@H](F)C1. The van der Waals surface area contributed by atoms with E-state index in [4.69, 9.17) is 14.2 Å². The summed E-state index contributed by atoms with van der Waals surface area (Å²) in [4.78, 5) is 18.1. The van der Waals surface area contributed by atoms with Gasteiger partial charge in [0.05, 0.1) is 12.2 Å². The van der Waals surface area contributed by atoms with E-state index in [2.05, 4.69) is 10.1 Å². The molecule has 3 aromatic rings. The van der Waals surface area contributed by atoms with Gasteiger partial charge < -0.3 is 19.1 Å². The summed E-state index contributed by atoms with van der Waals surface area (Å²) < 4.78 is 46.9. The van der Waals surface area contributed by atoms with Gasteiger partial charge in [-0.1, -0.05) is 0 Å². The Kier molecular flexibility index (Phi) is 5.07. The Balaban J connectivity index is 1.35. The number of benzene rings is 1. The fraction of sp³-hybridized carbons (Fsp3) is 0.409. The Morgan fingerprint density at radius 3 is 2.72 bits per heavy atom. The van der Waals surface area contributed by atoms with Gasteiger partial charge in [0, 0.05) is 19.0 Å². The van der Waals surface area contributed by atoms with E-state index in [0.717, 1.165) is 10.1 Å². The minimum atomic E-state index is -1.29. The number of ether oxygens (including phenoxy) is 3. The molecule has 0 N–H and O–H groups in total. The van der Waals surface area contributed by atoms with Crippen LogP contribution in [0.15, 0.2) is 29.1 Å². The molecule has 32 heavy (non-hydrogen) atoms. The maximum absolute atomic E-state index is 15.1. The Morgan fingerprint density at radius 1 is 1.16 bits per heavy atom. The third kappa shape index (κ3) is 3.59. The molecular formula is C22H22F2N4O4. The molecule has 2 atom stereocenters. The summed E-state index contributed by atoms with van der Waals surface area (Å²) in [5.41, 5.74) is 0.123. The maximum Gasteiger partial charge on any atom is 0.310 e. The molecule has 1 fully saturated rings. The van der Waals surface area contributed by atoms with Gasteiger partial charge in [-0.25, -0.2) is 9.37 Å². The summed E-state index contributed by atoms with van der Waals surface area (Å²) in [7, 11) is 0. The molecule has 2 aromatic heterocycles. The summed E-state index contributed by atoms with van der Waals surface area (Å²) in [6.07, 6.45) is -1.53. The number of hydrogen-bond acceptors (Lipinski definition) is 7. The number of nitrogens with zero attached hydrogens (tertiary/aromatic N) is 4. The van der Waals surface area contributed by atoms with Crippen molar-refractivity contribution < 1.29 is 23.0 Å². The highest BCUT2D eigenvalue weighted by Crippen LogP contribution is 2.35. The van der Waals surface area contributed by atoms with Crippen LogP contribution in [0.3, 0.4) is 0 Å². The number of halogens is 2. The molecule has 1 aromatic carbocycles. The quantitative estimate of drug-likeness (QED) is 0.615. The molecule has 0 amide bonds. The van der Waals surface area contributed by atoms with Gasteiger partial charge in [0.25, 0.3) is 0 Å². The number of hydrogen-bond donors (Lipinski definition) is 0. The lowest BCUT2D eigenvalue weighted by Gasteiger charge is -2.36. The highest BCUT2D eigenvalue weighted by atomic mass is 19.1. The van der Waals surface area contributed by atoms with Crippen LogP contribution in [-0.2, 0) is 0 Å². The molecule has 0 unspecified atom stereocenters. The van der Waals surface area contributed by atoms with Crippen molar-refractivity contribution in [3.05, 3.63) is 51.7 Å². The van der Waals surface area contributed by atoms with Gasteiger partial charge in [0.15, 0.2) is 29.1 Å². The number of aryl methyl sites for hydroxylation is 2. The zero-order chi connectivity index (χ0) is 22.4. The Hall–Kier alpha value is -3.43. The van der Waals surface area contributed by atoms with Crippen LogP contribution in [0.5, 0.6) is 17.2 Å². The van der Waals surface area contributed by atoms with Crippen LogP contribution >= 0.6 is 0 Å². The Morgan fingerprint density at radius 2 is 1.94 bits per heavy atom. The number of aromatic nitrogens is 3.